The number of anilines is 1. The molecule has 1 heterocycles. The van der Waals surface area contributed by atoms with Gasteiger partial charge in [-0.1, -0.05) is 36.4 Å². The lowest BCUT2D eigenvalue weighted by atomic mass is 10.2. The van der Waals surface area contributed by atoms with Crippen LogP contribution in [-0.2, 0) is 0 Å². The molecular formula is C16H12Br2N2. The predicted octanol–water partition coefficient (Wildman–Crippen LogP) is 5.60. The van der Waals surface area contributed by atoms with Gasteiger partial charge in [-0.2, -0.15) is 0 Å². The van der Waals surface area contributed by atoms with Crippen LogP contribution in [0.15, 0.2) is 64.2 Å². The van der Waals surface area contributed by atoms with Crippen LogP contribution in [0.25, 0.3) is 17.0 Å². The van der Waals surface area contributed by atoms with E-state index in [1.165, 1.54) is 5.39 Å². The molecule has 0 aliphatic carbocycles. The Hall–Kier alpha value is -1.52. The first-order chi connectivity index (χ1) is 9.74. The third-order valence-electron chi connectivity index (χ3n) is 3.07. The number of hydrogen-bond acceptors (Lipinski definition) is 1. The zero-order chi connectivity index (χ0) is 13.9. The van der Waals surface area contributed by atoms with Gasteiger partial charge in [0.05, 0.1) is 14.6 Å². The van der Waals surface area contributed by atoms with E-state index in [2.05, 4.69) is 67.6 Å². The average molecular weight is 392 g/mol. The molecule has 0 saturated heterocycles. The van der Waals surface area contributed by atoms with Crippen molar-refractivity contribution in [3.63, 3.8) is 0 Å². The van der Waals surface area contributed by atoms with Gasteiger partial charge in [-0.05, 0) is 56.1 Å². The average Bonchev–Trinajstić information content (AvgIpc) is 2.84. The van der Waals surface area contributed by atoms with Crippen molar-refractivity contribution < 1.29 is 0 Å². The summed E-state index contributed by atoms with van der Waals surface area (Å²) < 4.78 is 2.95. The van der Waals surface area contributed by atoms with Gasteiger partial charge in [-0.25, -0.2) is 0 Å². The van der Waals surface area contributed by atoms with Crippen LogP contribution >= 0.6 is 31.9 Å². The molecule has 0 unspecified atom stereocenters. The van der Waals surface area contributed by atoms with E-state index in [0.29, 0.717) is 0 Å². The zero-order valence-electron chi connectivity index (χ0n) is 10.6. The number of rotatable bonds is 3. The Kier molecular flexibility index (Phi) is 3.94. The van der Waals surface area contributed by atoms with Gasteiger partial charge in [0, 0.05) is 17.1 Å². The summed E-state index contributed by atoms with van der Waals surface area (Å²) in [5.74, 6) is 0. The van der Waals surface area contributed by atoms with Crippen molar-refractivity contribution in [1.29, 1.82) is 0 Å². The van der Waals surface area contributed by atoms with Crippen LogP contribution in [0.4, 0.5) is 5.69 Å². The van der Waals surface area contributed by atoms with Crippen molar-refractivity contribution in [1.82, 2.24) is 4.68 Å². The molecule has 0 amide bonds. The van der Waals surface area contributed by atoms with Gasteiger partial charge in [-0.15, -0.1) is 0 Å². The summed E-state index contributed by atoms with van der Waals surface area (Å²) in [6, 6.07) is 18.6. The smallest absolute Gasteiger partial charge is 0.0696 e. The van der Waals surface area contributed by atoms with Crippen LogP contribution in [0.3, 0.4) is 0 Å². The van der Waals surface area contributed by atoms with E-state index in [1.807, 2.05) is 41.2 Å². The SMILES string of the molecule is BrC(Br)=Cc1ccccc1Nn1ccc2ccccc21. The Bertz CT molecular complexity index is 771. The molecule has 0 spiro atoms. The van der Waals surface area contributed by atoms with E-state index in [9.17, 15) is 0 Å². The van der Waals surface area contributed by atoms with Gasteiger partial charge in [0.1, 0.15) is 0 Å². The second-order valence-corrected chi connectivity index (χ2v) is 7.15. The number of hydrogen-bond donors (Lipinski definition) is 1. The summed E-state index contributed by atoms with van der Waals surface area (Å²) in [7, 11) is 0. The van der Waals surface area contributed by atoms with Crippen molar-refractivity contribution in [2.24, 2.45) is 0 Å². The molecular weight excluding hydrogens is 380 g/mol. The maximum absolute atomic E-state index is 3.43. The summed E-state index contributed by atoms with van der Waals surface area (Å²) in [5, 5.41) is 1.22. The summed E-state index contributed by atoms with van der Waals surface area (Å²) in [4.78, 5) is 0. The largest absolute Gasteiger partial charge is 0.294 e. The van der Waals surface area contributed by atoms with Crippen molar-refractivity contribution in [3.05, 3.63) is 69.7 Å². The molecule has 20 heavy (non-hydrogen) atoms. The first-order valence-corrected chi connectivity index (χ1v) is 7.77. The highest BCUT2D eigenvalue weighted by Crippen LogP contribution is 2.24. The number of para-hydroxylation sites is 2. The maximum atomic E-state index is 3.43. The quantitative estimate of drug-likeness (QED) is 0.614. The van der Waals surface area contributed by atoms with Gasteiger partial charge in [0.25, 0.3) is 0 Å². The molecule has 3 aromatic rings. The van der Waals surface area contributed by atoms with Crippen molar-refractivity contribution in [2.45, 2.75) is 0 Å². The molecule has 0 atom stereocenters. The fraction of sp³-hybridized carbons (Fsp3) is 0. The van der Waals surface area contributed by atoms with Crippen LogP contribution in [0.2, 0.25) is 0 Å². The number of aromatic nitrogens is 1. The van der Waals surface area contributed by atoms with E-state index in [-0.39, 0.29) is 0 Å². The lowest BCUT2D eigenvalue weighted by Crippen LogP contribution is -2.08. The highest BCUT2D eigenvalue weighted by molar-refractivity contribution is 9.28. The molecule has 1 aromatic heterocycles. The number of halogens is 2. The Morgan fingerprint density at radius 2 is 1.70 bits per heavy atom. The predicted molar refractivity (Wildman–Crippen MR) is 93.2 cm³/mol. The molecule has 0 fully saturated rings. The van der Waals surface area contributed by atoms with Crippen molar-refractivity contribution in [3.8, 4) is 0 Å². The van der Waals surface area contributed by atoms with Gasteiger partial charge in [0.15, 0.2) is 0 Å². The van der Waals surface area contributed by atoms with E-state index >= 15 is 0 Å². The minimum Gasteiger partial charge on any atom is -0.294 e. The Balaban J connectivity index is 2.01. The Morgan fingerprint density at radius 3 is 2.55 bits per heavy atom. The molecule has 0 aliphatic heterocycles. The first-order valence-electron chi connectivity index (χ1n) is 6.19. The Labute approximate surface area is 134 Å². The van der Waals surface area contributed by atoms with Crippen LogP contribution in [0.1, 0.15) is 5.56 Å². The Morgan fingerprint density at radius 1 is 0.950 bits per heavy atom. The zero-order valence-corrected chi connectivity index (χ0v) is 13.7. The number of fused-ring (bicyclic) bond motifs is 1. The standard InChI is InChI=1S/C16H12Br2N2/c17-16(18)11-13-6-1-3-7-14(13)19-20-10-9-12-5-2-4-8-15(12)20/h1-11,19H. The normalized spacial score (nSPS) is 10.5. The monoisotopic (exact) mass is 390 g/mol. The molecule has 2 aromatic carbocycles. The van der Waals surface area contributed by atoms with Crippen molar-refractivity contribution in [2.75, 3.05) is 5.43 Å². The minimum absolute atomic E-state index is 0.914. The first kappa shape index (κ1) is 13.5. The van der Waals surface area contributed by atoms with Crippen LogP contribution < -0.4 is 5.43 Å². The molecule has 100 valence electrons. The lowest BCUT2D eigenvalue weighted by Gasteiger charge is -2.12. The van der Waals surface area contributed by atoms with Gasteiger partial charge < -0.3 is 0 Å². The summed E-state index contributed by atoms with van der Waals surface area (Å²) in [6.07, 6.45) is 4.06. The minimum atomic E-state index is 0.914. The van der Waals surface area contributed by atoms with Gasteiger partial charge in [0.2, 0.25) is 0 Å². The third kappa shape index (κ3) is 2.81. The second kappa shape index (κ2) is 5.85. The van der Waals surface area contributed by atoms with Gasteiger partial charge >= 0.3 is 0 Å². The highest BCUT2D eigenvalue weighted by atomic mass is 79.9. The topological polar surface area (TPSA) is 17.0 Å². The molecule has 1 N–H and O–H groups in total. The van der Waals surface area contributed by atoms with E-state index in [4.69, 9.17) is 0 Å². The van der Waals surface area contributed by atoms with Gasteiger partial charge in [-0.3, -0.25) is 10.1 Å². The number of nitrogens with one attached hydrogen (secondary N) is 1. The summed E-state index contributed by atoms with van der Waals surface area (Å²) in [6.45, 7) is 0. The summed E-state index contributed by atoms with van der Waals surface area (Å²) in [5.41, 5.74) is 6.74. The molecule has 0 saturated carbocycles. The van der Waals surface area contributed by atoms with Crippen LogP contribution in [0, 0.1) is 0 Å². The van der Waals surface area contributed by atoms with E-state index < -0.39 is 0 Å². The fourth-order valence-corrected chi connectivity index (χ4v) is 2.65. The molecule has 0 aliphatic rings. The van der Waals surface area contributed by atoms with E-state index in [1.54, 1.807) is 0 Å². The fourth-order valence-electron chi connectivity index (χ4n) is 2.15. The molecule has 3 rings (SSSR count). The van der Waals surface area contributed by atoms with E-state index in [0.717, 1.165) is 20.2 Å². The lowest BCUT2D eigenvalue weighted by molar-refractivity contribution is 1.01. The summed E-state index contributed by atoms with van der Waals surface area (Å²) >= 11 is 6.81. The molecule has 0 radical (unpaired) electrons. The third-order valence-corrected chi connectivity index (χ3v) is 3.52. The number of nitrogens with zero attached hydrogens (tertiary/aromatic N) is 1. The molecule has 4 heteroatoms. The maximum Gasteiger partial charge on any atom is 0.0696 e. The van der Waals surface area contributed by atoms with Crippen LogP contribution in [-0.4, -0.2) is 4.68 Å². The van der Waals surface area contributed by atoms with Crippen LogP contribution in [0.5, 0.6) is 0 Å². The second-order valence-electron chi connectivity index (χ2n) is 4.38. The molecule has 0 bridgehead atoms. The molecule has 2 nitrogen and oxygen atoms in total. The highest BCUT2D eigenvalue weighted by Gasteiger charge is 2.03. The number of benzene rings is 2. The van der Waals surface area contributed by atoms with Crippen molar-refractivity contribution >= 4 is 54.5 Å².